The standard InChI is InChI=1S/C25H22Cl2N4O2S/c1-17-3-5-18(6-4-17)15-34-25-30-28-16-31(25)29-13-19-8-10-23(24(12-19)32-2)33-14-20-7-9-21(26)22(27)11-20/h3-13,16H,14-15H2,1-2H3/b29-13-. The summed E-state index contributed by atoms with van der Waals surface area (Å²) in [5.74, 6) is 2.00. The molecule has 174 valence electrons. The Morgan fingerprint density at radius 2 is 1.76 bits per heavy atom. The average molecular weight is 513 g/mol. The largest absolute Gasteiger partial charge is 0.493 e. The number of thioether (sulfide) groups is 1. The molecule has 0 saturated heterocycles. The van der Waals surface area contributed by atoms with E-state index in [0.29, 0.717) is 33.3 Å². The summed E-state index contributed by atoms with van der Waals surface area (Å²) in [6.07, 6.45) is 3.31. The minimum absolute atomic E-state index is 0.336. The van der Waals surface area contributed by atoms with Crippen LogP contribution >= 0.6 is 35.0 Å². The molecule has 0 atom stereocenters. The van der Waals surface area contributed by atoms with Crippen molar-refractivity contribution in [3.8, 4) is 11.5 Å². The summed E-state index contributed by atoms with van der Waals surface area (Å²) in [6.45, 7) is 2.41. The molecule has 0 fully saturated rings. The van der Waals surface area contributed by atoms with Crippen LogP contribution < -0.4 is 9.47 Å². The third-order valence-electron chi connectivity index (χ3n) is 4.89. The lowest BCUT2D eigenvalue weighted by molar-refractivity contribution is 0.284. The molecule has 4 aromatic rings. The van der Waals surface area contributed by atoms with Gasteiger partial charge in [-0.15, -0.1) is 10.2 Å². The molecule has 6 nitrogen and oxygen atoms in total. The van der Waals surface area contributed by atoms with Gasteiger partial charge in [-0.05, 0) is 53.9 Å². The van der Waals surface area contributed by atoms with E-state index in [1.807, 2.05) is 24.3 Å². The minimum atomic E-state index is 0.336. The Morgan fingerprint density at radius 3 is 2.53 bits per heavy atom. The quantitative estimate of drug-likeness (QED) is 0.185. The summed E-state index contributed by atoms with van der Waals surface area (Å²) in [5, 5.41) is 14.4. The van der Waals surface area contributed by atoms with Gasteiger partial charge in [-0.3, -0.25) is 0 Å². The van der Waals surface area contributed by atoms with Crippen molar-refractivity contribution in [2.75, 3.05) is 7.11 Å². The lowest BCUT2D eigenvalue weighted by Gasteiger charge is -2.12. The molecule has 4 rings (SSSR count). The van der Waals surface area contributed by atoms with E-state index in [2.05, 4.69) is 46.5 Å². The highest BCUT2D eigenvalue weighted by atomic mass is 35.5. The molecular weight excluding hydrogens is 491 g/mol. The van der Waals surface area contributed by atoms with Gasteiger partial charge < -0.3 is 9.47 Å². The van der Waals surface area contributed by atoms with E-state index in [1.54, 1.807) is 48.2 Å². The van der Waals surface area contributed by atoms with Crippen molar-refractivity contribution in [1.29, 1.82) is 0 Å². The summed E-state index contributed by atoms with van der Waals surface area (Å²) in [6, 6.07) is 19.4. The molecule has 1 heterocycles. The molecule has 0 amide bonds. The summed E-state index contributed by atoms with van der Waals surface area (Å²) < 4.78 is 13.1. The van der Waals surface area contributed by atoms with Gasteiger partial charge in [-0.2, -0.15) is 9.78 Å². The van der Waals surface area contributed by atoms with E-state index in [1.165, 1.54) is 11.1 Å². The van der Waals surface area contributed by atoms with Crippen molar-refractivity contribution >= 4 is 41.2 Å². The maximum atomic E-state index is 6.08. The number of rotatable bonds is 9. The molecule has 0 aliphatic carbocycles. The number of hydrogen-bond donors (Lipinski definition) is 0. The average Bonchev–Trinajstić information content (AvgIpc) is 3.30. The number of benzene rings is 3. The Hall–Kier alpha value is -3.00. The number of halogens is 2. The van der Waals surface area contributed by atoms with Crippen LogP contribution in [-0.2, 0) is 12.4 Å². The first kappa shape index (κ1) is 24.1. The van der Waals surface area contributed by atoms with Gasteiger partial charge in [0.2, 0.25) is 5.16 Å². The second-order valence-electron chi connectivity index (χ2n) is 7.42. The third-order valence-corrected chi connectivity index (χ3v) is 6.63. The van der Waals surface area contributed by atoms with Crippen LogP contribution in [0.4, 0.5) is 0 Å². The first-order valence-electron chi connectivity index (χ1n) is 10.4. The van der Waals surface area contributed by atoms with Crippen LogP contribution in [0.3, 0.4) is 0 Å². The van der Waals surface area contributed by atoms with Crippen molar-refractivity contribution in [2.24, 2.45) is 5.10 Å². The van der Waals surface area contributed by atoms with Gasteiger partial charge in [0.15, 0.2) is 11.5 Å². The summed E-state index contributed by atoms with van der Waals surface area (Å²) in [7, 11) is 1.60. The molecule has 0 aliphatic rings. The predicted octanol–water partition coefficient (Wildman–Crippen LogP) is 6.66. The molecule has 0 bridgehead atoms. The molecule has 0 saturated carbocycles. The fourth-order valence-corrected chi connectivity index (χ4v) is 4.17. The molecule has 1 aromatic heterocycles. The highest BCUT2D eigenvalue weighted by Crippen LogP contribution is 2.29. The Kier molecular flexibility index (Phi) is 8.11. The van der Waals surface area contributed by atoms with Gasteiger partial charge in [-0.1, -0.05) is 70.9 Å². The van der Waals surface area contributed by atoms with Crippen molar-refractivity contribution in [3.63, 3.8) is 0 Å². The van der Waals surface area contributed by atoms with Crippen molar-refractivity contribution in [1.82, 2.24) is 14.9 Å². The first-order chi connectivity index (χ1) is 16.5. The van der Waals surface area contributed by atoms with E-state index in [-0.39, 0.29) is 0 Å². The van der Waals surface area contributed by atoms with Crippen LogP contribution in [0.15, 0.2) is 77.2 Å². The highest BCUT2D eigenvalue weighted by molar-refractivity contribution is 7.98. The van der Waals surface area contributed by atoms with Gasteiger partial charge in [0.1, 0.15) is 12.9 Å². The Labute approximate surface area is 212 Å². The second kappa shape index (κ2) is 11.4. The maximum Gasteiger partial charge on any atom is 0.212 e. The van der Waals surface area contributed by atoms with Gasteiger partial charge in [0.05, 0.1) is 23.4 Å². The topological polar surface area (TPSA) is 61.5 Å². The number of hydrogen-bond acceptors (Lipinski definition) is 6. The van der Waals surface area contributed by atoms with Crippen LogP contribution in [0.25, 0.3) is 0 Å². The normalized spacial score (nSPS) is 11.2. The molecule has 0 radical (unpaired) electrons. The molecular formula is C25H22Cl2N4O2S. The van der Waals surface area contributed by atoms with Crippen molar-refractivity contribution < 1.29 is 9.47 Å². The minimum Gasteiger partial charge on any atom is -0.493 e. The summed E-state index contributed by atoms with van der Waals surface area (Å²) >= 11 is 13.6. The van der Waals surface area contributed by atoms with Crippen molar-refractivity contribution in [2.45, 2.75) is 24.4 Å². The van der Waals surface area contributed by atoms with Gasteiger partial charge >= 0.3 is 0 Å². The van der Waals surface area contributed by atoms with Crippen LogP contribution in [-0.4, -0.2) is 28.2 Å². The van der Waals surface area contributed by atoms with E-state index >= 15 is 0 Å². The Bertz CT molecular complexity index is 1290. The monoisotopic (exact) mass is 512 g/mol. The molecule has 9 heteroatoms. The smallest absolute Gasteiger partial charge is 0.212 e. The summed E-state index contributed by atoms with van der Waals surface area (Å²) in [4.78, 5) is 0. The number of methoxy groups -OCH3 is 1. The van der Waals surface area contributed by atoms with Crippen LogP contribution in [0.5, 0.6) is 11.5 Å². The van der Waals surface area contributed by atoms with E-state index in [9.17, 15) is 0 Å². The molecule has 0 spiro atoms. The highest BCUT2D eigenvalue weighted by Gasteiger charge is 2.08. The van der Waals surface area contributed by atoms with Gasteiger partial charge in [0, 0.05) is 5.75 Å². The second-order valence-corrected chi connectivity index (χ2v) is 9.18. The first-order valence-corrected chi connectivity index (χ1v) is 12.1. The zero-order valence-corrected chi connectivity index (χ0v) is 20.9. The molecule has 3 aromatic carbocycles. The van der Waals surface area contributed by atoms with Crippen LogP contribution in [0.2, 0.25) is 10.0 Å². The summed E-state index contributed by atoms with van der Waals surface area (Å²) in [5.41, 5.74) is 4.21. The molecule has 0 N–H and O–H groups in total. The SMILES string of the molecule is COc1cc(/C=N\n2cnnc2SCc2ccc(C)cc2)ccc1OCc1ccc(Cl)c(Cl)c1. The number of aromatic nitrogens is 3. The number of ether oxygens (including phenoxy) is 2. The van der Waals surface area contributed by atoms with Crippen LogP contribution in [0.1, 0.15) is 22.3 Å². The Morgan fingerprint density at radius 1 is 0.971 bits per heavy atom. The molecule has 34 heavy (non-hydrogen) atoms. The van der Waals surface area contributed by atoms with Crippen molar-refractivity contribution in [3.05, 3.63) is 99.3 Å². The van der Waals surface area contributed by atoms with Gasteiger partial charge in [-0.25, -0.2) is 0 Å². The van der Waals surface area contributed by atoms with E-state index in [0.717, 1.165) is 16.9 Å². The lowest BCUT2D eigenvalue weighted by atomic mass is 10.2. The number of aryl methyl sites for hydroxylation is 1. The molecule has 0 unspecified atom stereocenters. The molecule has 0 aliphatic heterocycles. The lowest BCUT2D eigenvalue weighted by Crippen LogP contribution is -1.99. The van der Waals surface area contributed by atoms with Gasteiger partial charge in [0.25, 0.3) is 0 Å². The third kappa shape index (κ3) is 6.32. The number of nitrogens with zero attached hydrogens (tertiary/aromatic N) is 4. The van der Waals surface area contributed by atoms with E-state index in [4.69, 9.17) is 32.7 Å². The van der Waals surface area contributed by atoms with E-state index < -0.39 is 0 Å². The zero-order chi connectivity index (χ0) is 23.9. The fraction of sp³-hybridized carbons (Fsp3) is 0.160. The predicted molar refractivity (Wildman–Crippen MR) is 138 cm³/mol. The van der Waals surface area contributed by atoms with Crippen LogP contribution in [0, 0.1) is 6.92 Å². The fourth-order valence-electron chi connectivity index (χ4n) is 3.03. The zero-order valence-electron chi connectivity index (χ0n) is 18.6. The maximum absolute atomic E-state index is 6.08. The Balaban J connectivity index is 1.41.